The summed E-state index contributed by atoms with van der Waals surface area (Å²) in [7, 11) is 0. The Kier molecular flexibility index (Phi) is 3.39. The van der Waals surface area contributed by atoms with Crippen LogP contribution in [0, 0.1) is 16.7 Å². The molecule has 0 unspecified atom stereocenters. The molecule has 2 saturated carbocycles. The number of fused-ring (bicyclic) bond motifs is 2. The van der Waals surface area contributed by atoms with Crippen molar-refractivity contribution in [3.05, 3.63) is 0 Å². The Morgan fingerprint density at radius 1 is 1.50 bits per heavy atom. The van der Waals surface area contributed by atoms with Crippen molar-refractivity contribution >= 4 is 11.8 Å². The molecule has 0 saturated heterocycles. The molecule has 0 aliphatic heterocycles. The average molecular weight is 252 g/mol. The van der Waals surface area contributed by atoms with E-state index >= 15 is 0 Å². The molecule has 4 nitrogen and oxygen atoms in total. The van der Waals surface area contributed by atoms with Crippen molar-refractivity contribution < 1.29 is 9.63 Å². The molecular weight excluding hydrogens is 228 g/mol. The lowest BCUT2D eigenvalue weighted by molar-refractivity contribution is 0.146. The fourth-order valence-corrected chi connectivity index (χ4v) is 3.42. The molecule has 0 aromatic heterocycles. The first kappa shape index (κ1) is 13.4. The molecule has 1 amide bonds. The minimum absolute atomic E-state index is 0.0999. The molecule has 0 aromatic rings. The second-order valence-corrected chi connectivity index (χ2v) is 6.34. The highest BCUT2D eigenvalue weighted by Gasteiger charge is 2.60. The quantitative estimate of drug-likeness (QED) is 0.618. The summed E-state index contributed by atoms with van der Waals surface area (Å²) in [5.74, 6) is 0.684. The van der Waals surface area contributed by atoms with Crippen molar-refractivity contribution in [2.24, 2.45) is 21.9 Å². The summed E-state index contributed by atoms with van der Waals surface area (Å²) in [4.78, 5) is 16.4. The Bertz CT molecular complexity index is 376. The minimum Gasteiger partial charge on any atom is -0.320 e. The summed E-state index contributed by atoms with van der Waals surface area (Å²) >= 11 is 0. The van der Waals surface area contributed by atoms with Crippen molar-refractivity contribution in [2.75, 3.05) is 6.54 Å². The van der Waals surface area contributed by atoms with Crippen LogP contribution in [-0.2, 0) is 4.84 Å². The van der Waals surface area contributed by atoms with E-state index in [1.807, 2.05) is 6.92 Å². The normalized spacial score (nSPS) is 34.9. The third kappa shape index (κ3) is 1.91. The number of carbonyl (C=O) groups excluding carboxylic acids is 1. The molecule has 2 bridgehead atoms. The third-order valence-corrected chi connectivity index (χ3v) is 5.27. The second kappa shape index (κ2) is 4.56. The Labute approximate surface area is 109 Å². The van der Waals surface area contributed by atoms with Gasteiger partial charge in [0.2, 0.25) is 0 Å². The number of hydrogen-bond donors (Lipinski definition) is 1. The summed E-state index contributed by atoms with van der Waals surface area (Å²) in [6.45, 7) is 9.52. The van der Waals surface area contributed by atoms with Crippen molar-refractivity contribution in [3.8, 4) is 0 Å². The van der Waals surface area contributed by atoms with Gasteiger partial charge in [0.05, 0.1) is 5.71 Å². The van der Waals surface area contributed by atoms with Crippen LogP contribution in [0.15, 0.2) is 5.16 Å². The summed E-state index contributed by atoms with van der Waals surface area (Å²) in [6, 6.07) is 0. The van der Waals surface area contributed by atoms with E-state index in [-0.39, 0.29) is 10.8 Å². The number of oxime groups is 1. The van der Waals surface area contributed by atoms with Crippen LogP contribution in [0.25, 0.3) is 0 Å². The largest absolute Gasteiger partial charge is 0.433 e. The molecule has 1 N–H and O–H groups in total. The van der Waals surface area contributed by atoms with Crippen LogP contribution >= 0.6 is 0 Å². The lowest BCUT2D eigenvalue weighted by Crippen LogP contribution is -2.33. The zero-order chi connectivity index (χ0) is 13.4. The van der Waals surface area contributed by atoms with E-state index in [2.05, 4.69) is 31.2 Å². The smallest absolute Gasteiger partial charge is 0.320 e. The lowest BCUT2D eigenvalue weighted by atomic mass is 9.70. The summed E-state index contributed by atoms with van der Waals surface area (Å²) in [5, 5.41) is 6.80. The number of rotatable bonds is 3. The van der Waals surface area contributed by atoms with Gasteiger partial charge in [0, 0.05) is 12.0 Å². The van der Waals surface area contributed by atoms with Gasteiger partial charge in [-0.05, 0) is 37.0 Å². The van der Waals surface area contributed by atoms with Crippen LogP contribution in [0.2, 0.25) is 0 Å². The van der Waals surface area contributed by atoms with Crippen LogP contribution in [-0.4, -0.2) is 18.3 Å². The fraction of sp³-hybridized carbons (Fsp3) is 0.857. The van der Waals surface area contributed by atoms with Crippen molar-refractivity contribution in [3.63, 3.8) is 0 Å². The Morgan fingerprint density at radius 3 is 2.72 bits per heavy atom. The topological polar surface area (TPSA) is 50.7 Å². The molecule has 2 fully saturated rings. The van der Waals surface area contributed by atoms with Gasteiger partial charge >= 0.3 is 6.09 Å². The molecule has 2 rings (SSSR count). The highest BCUT2D eigenvalue weighted by atomic mass is 16.7. The molecule has 0 spiro atoms. The van der Waals surface area contributed by atoms with Gasteiger partial charge in [-0.25, -0.2) is 4.79 Å². The predicted octanol–water partition coefficient (Wildman–Crippen LogP) is 3.32. The Morgan fingerprint density at radius 2 is 2.22 bits per heavy atom. The Hall–Kier alpha value is -1.06. The predicted molar refractivity (Wildman–Crippen MR) is 71.4 cm³/mol. The van der Waals surface area contributed by atoms with Crippen LogP contribution in [0.1, 0.15) is 53.4 Å². The lowest BCUT2D eigenvalue weighted by Gasteiger charge is -2.34. The van der Waals surface area contributed by atoms with E-state index in [1.54, 1.807) is 0 Å². The maximum atomic E-state index is 11.4. The number of carbonyl (C=O) groups is 1. The van der Waals surface area contributed by atoms with E-state index in [0.717, 1.165) is 25.0 Å². The second-order valence-electron chi connectivity index (χ2n) is 6.34. The SMILES string of the molecule is CCCNC(=O)O/N=C1/C[C@H]2CC[C@]1(C)C2(C)C. The van der Waals surface area contributed by atoms with Gasteiger partial charge < -0.3 is 5.32 Å². The number of nitrogens with zero attached hydrogens (tertiary/aromatic N) is 1. The highest BCUT2D eigenvalue weighted by Crippen LogP contribution is 2.63. The average Bonchev–Trinajstić information content (AvgIpc) is 2.66. The molecule has 18 heavy (non-hydrogen) atoms. The van der Waals surface area contributed by atoms with Gasteiger partial charge in [0.25, 0.3) is 0 Å². The molecular formula is C14H24N2O2. The van der Waals surface area contributed by atoms with Crippen molar-refractivity contribution in [1.82, 2.24) is 5.32 Å². The number of amides is 1. The summed E-state index contributed by atoms with van der Waals surface area (Å²) in [6.07, 6.45) is 3.87. The van der Waals surface area contributed by atoms with E-state index in [4.69, 9.17) is 4.84 Å². The first-order valence-corrected chi connectivity index (χ1v) is 6.94. The van der Waals surface area contributed by atoms with E-state index in [9.17, 15) is 4.79 Å². The van der Waals surface area contributed by atoms with E-state index in [1.165, 1.54) is 6.42 Å². The van der Waals surface area contributed by atoms with Crippen LogP contribution in [0.3, 0.4) is 0 Å². The van der Waals surface area contributed by atoms with Crippen LogP contribution in [0.4, 0.5) is 4.79 Å². The molecule has 2 aliphatic rings. The van der Waals surface area contributed by atoms with Crippen LogP contribution < -0.4 is 5.32 Å². The van der Waals surface area contributed by atoms with Crippen LogP contribution in [0.5, 0.6) is 0 Å². The van der Waals surface area contributed by atoms with Gasteiger partial charge in [0.15, 0.2) is 0 Å². The van der Waals surface area contributed by atoms with Gasteiger partial charge in [-0.3, -0.25) is 4.84 Å². The summed E-state index contributed by atoms with van der Waals surface area (Å²) in [5.41, 5.74) is 1.44. The van der Waals surface area contributed by atoms with Gasteiger partial charge in [-0.2, -0.15) is 0 Å². The first-order chi connectivity index (χ1) is 8.41. The maximum absolute atomic E-state index is 11.4. The van der Waals surface area contributed by atoms with Crippen molar-refractivity contribution in [1.29, 1.82) is 0 Å². The molecule has 0 heterocycles. The standard InChI is InChI=1S/C14H24N2O2/c1-5-8-15-12(17)18-16-11-9-10-6-7-14(11,4)13(10,2)3/h10H,5-9H2,1-4H3,(H,15,17)/b16-11-/t10-,14+/m1/s1. The fourth-order valence-electron chi connectivity index (χ4n) is 3.42. The Balaban J connectivity index is 2.01. The first-order valence-electron chi connectivity index (χ1n) is 6.94. The molecule has 2 atom stereocenters. The zero-order valence-electron chi connectivity index (χ0n) is 11.9. The van der Waals surface area contributed by atoms with Gasteiger partial charge in [-0.15, -0.1) is 0 Å². The van der Waals surface area contributed by atoms with E-state index < -0.39 is 6.09 Å². The highest BCUT2D eigenvalue weighted by molar-refractivity contribution is 5.94. The van der Waals surface area contributed by atoms with Gasteiger partial charge in [0.1, 0.15) is 0 Å². The minimum atomic E-state index is -0.437. The molecule has 0 radical (unpaired) electrons. The number of hydrogen-bond acceptors (Lipinski definition) is 3. The number of nitrogens with one attached hydrogen (secondary N) is 1. The molecule has 102 valence electrons. The maximum Gasteiger partial charge on any atom is 0.433 e. The molecule has 2 aliphatic carbocycles. The summed E-state index contributed by atoms with van der Waals surface area (Å²) < 4.78 is 0. The van der Waals surface area contributed by atoms with E-state index in [0.29, 0.717) is 12.5 Å². The molecule has 0 aromatic carbocycles. The molecule has 4 heteroatoms. The van der Waals surface area contributed by atoms with Crippen molar-refractivity contribution in [2.45, 2.75) is 53.4 Å². The third-order valence-electron chi connectivity index (χ3n) is 5.27. The van der Waals surface area contributed by atoms with Gasteiger partial charge in [-0.1, -0.05) is 32.9 Å². The monoisotopic (exact) mass is 252 g/mol. The zero-order valence-corrected chi connectivity index (χ0v) is 11.9.